The number of hydrogen-bond acceptors (Lipinski definition) is 2. The summed E-state index contributed by atoms with van der Waals surface area (Å²) in [7, 11) is 0. The van der Waals surface area contributed by atoms with Crippen molar-refractivity contribution < 1.29 is 4.74 Å². The Labute approximate surface area is 87.6 Å². The highest BCUT2D eigenvalue weighted by Crippen LogP contribution is 2.25. The van der Waals surface area contributed by atoms with E-state index in [1.807, 2.05) is 13.8 Å². The van der Waals surface area contributed by atoms with Crippen LogP contribution in [-0.2, 0) is 0 Å². The third-order valence-corrected chi connectivity index (χ3v) is 2.31. The lowest BCUT2D eigenvalue weighted by molar-refractivity contribution is 0.556. The van der Waals surface area contributed by atoms with Crippen LogP contribution in [0.1, 0.15) is 11.1 Å². The molecule has 0 fully saturated rings. The van der Waals surface area contributed by atoms with E-state index >= 15 is 0 Å². The number of benzene rings is 1. The number of hydrogen-bond donors (Lipinski definition) is 1. The number of rotatable bonds is 1. The third kappa shape index (κ3) is 2.57. The molecule has 0 amide bonds. The molecule has 0 heterocycles. The van der Waals surface area contributed by atoms with Gasteiger partial charge in [0, 0.05) is 5.02 Å². The zero-order valence-electron chi connectivity index (χ0n) is 7.43. The topological polar surface area (TPSA) is 35.2 Å². The first-order valence-corrected chi connectivity index (χ1v) is 4.53. The summed E-state index contributed by atoms with van der Waals surface area (Å²) in [6.07, 6.45) is 0. The second-order valence-corrected chi connectivity index (χ2v) is 3.57. The molecule has 70 valence electrons. The van der Waals surface area contributed by atoms with Gasteiger partial charge < -0.3 is 10.5 Å². The van der Waals surface area contributed by atoms with E-state index in [1.165, 1.54) is 0 Å². The number of ether oxygens (including phenoxy) is 1. The largest absolute Gasteiger partial charge is 0.432 e. The van der Waals surface area contributed by atoms with Crippen LogP contribution in [0.15, 0.2) is 12.1 Å². The Morgan fingerprint density at radius 3 is 2.23 bits per heavy atom. The highest BCUT2D eigenvalue weighted by molar-refractivity contribution is 7.80. The molecular formula is C9H10ClNOS. The molecule has 0 aliphatic carbocycles. The minimum Gasteiger partial charge on any atom is -0.432 e. The van der Waals surface area contributed by atoms with Crippen molar-refractivity contribution in [3.63, 3.8) is 0 Å². The van der Waals surface area contributed by atoms with Gasteiger partial charge in [-0.1, -0.05) is 11.6 Å². The van der Waals surface area contributed by atoms with Gasteiger partial charge in [-0.05, 0) is 49.3 Å². The van der Waals surface area contributed by atoms with Gasteiger partial charge in [-0.15, -0.1) is 0 Å². The van der Waals surface area contributed by atoms with Gasteiger partial charge in [-0.3, -0.25) is 0 Å². The fourth-order valence-corrected chi connectivity index (χ4v) is 1.29. The van der Waals surface area contributed by atoms with E-state index in [1.54, 1.807) is 12.1 Å². The van der Waals surface area contributed by atoms with E-state index in [0.29, 0.717) is 5.75 Å². The third-order valence-electron chi connectivity index (χ3n) is 1.63. The highest BCUT2D eigenvalue weighted by Gasteiger charge is 2.03. The van der Waals surface area contributed by atoms with Crippen LogP contribution in [0.3, 0.4) is 0 Å². The number of aryl methyl sites for hydroxylation is 2. The van der Waals surface area contributed by atoms with E-state index in [2.05, 4.69) is 12.2 Å². The maximum Gasteiger partial charge on any atom is 0.259 e. The average molecular weight is 216 g/mol. The van der Waals surface area contributed by atoms with Gasteiger partial charge in [-0.2, -0.15) is 0 Å². The smallest absolute Gasteiger partial charge is 0.259 e. The summed E-state index contributed by atoms with van der Waals surface area (Å²) in [5, 5.41) is 0.761. The van der Waals surface area contributed by atoms with Gasteiger partial charge in [0.1, 0.15) is 5.75 Å². The summed E-state index contributed by atoms with van der Waals surface area (Å²) in [6, 6.07) is 3.60. The van der Waals surface area contributed by atoms with Crippen LogP contribution in [0, 0.1) is 13.8 Å². The first kappa shape index (κ1) is 10.3. The van der Waals surface area contributed by atoms with Crippen LogP contribution in [0.2, 0.25) is 5.02 Å². The van der Waals surface area contributed by atoms with Crippen LogP contribution in [0.4, 0.5) is 0 Å². The zero-order chi connectivity index (χ0) is 10.0. The van der Waals surface area contributed by atoms with Crippen molar-refractivity contribution in [2.75, 3.05) is 0 Å². The lowest BCUT2D eigenvalue weighted by Gasteiger charge is -2.07. The fourth-order valence-electron chi connectivity index (χ4n) is 1.08. The molecule has 2 nitrogen and oxygen atoms in total. The predicted molar refractivity (Wildman–Crippen MR) is 58.3 cm³/mol. The molecule has 0 atom stereocenters. The van der Waals surface area contributed by atoms with E-state index in [9.17, 15) is 0 Å². The van der Waals surface area contributed by atoms with Crippen LogP contribution in [0.25, 0.3) is 0 Å². The quantitative estimate of drug-likeness (QED) is 0.732. The van der Waals surface area contributed by atoms with Crippen molar-refractivity contribution in [3.05, 3.63) is 28.3 Å². The molecule has 1 rings (SSSR count). The van der Waals surface area contributed by atoms with Crippen molar-refractivity contribution in [2.24, 2.45) is 5.73 Å². The fraction of sp³-hybridized carbons (Fsp3) is 0.222. The van der Waals surface area contributed by atoms with Crippen molar-refractivity contribution in [1.29, 1.82) is 0 Å². The van der Waals surface area contributed by atoms with Gasteiger partial charge in [-0.25, -0.2) is 0 Å². The van der Waals surface area contributed by atoms with Crippen LogP contribution in [-0.4, -0.2) is 5.17 Å². The molecule has 0 saturated heterocycles. The second-order valence-electron chi connectivity index (χ2n) is 2.79. The summed E-state index contributed by atoms with van der Waals surface area (Å²) in [5.74, 6) is 0.631. The Bertz CT molecular complexity index is 328. The van der Waals surface area contributed by atoms with Crippen molar-refractivity contribution in [2.45, 2.75) is 13.8 Å². The minimum atomic E-state index is 0.0149. The van der Waals surface area contributed by atoms with E-state index < -0.39 is 0 Å². The molecule has 0 bridgehead atoms. The Balaban J connectivity index is 3.06. The Hall–Kier alpha value is -0.800. The Morgan fingerprint density at radius 2 is 1.85 bits per heavy atom. The van der Waals surface area contributed by atoms with Crippen molar-refractivity contribution in [1.82, 2.24) is 0 Å². The first-order chi connectivity index (χ1) is 6.00. The van der Waals surface area contributed by atoms with E-state index in [-0.39, 0.29) is 5.17 Å². The zero-order valence-corrected chi connectivity index (χ0v) is 9.00. The molecule has 0 aromatic heterocycles. The van der Waals surface area contributed by atoms with Crippen molar-refractivity contribution >= 4 is 29.0 Å². The Kier molecular flexibility index (Phi) is 3.12. The van der Waals surface area contributed by atoms with Crippen LogP contribution < -0.4 is 10.5 Å². The molecule has 0 radical (unpaired) electrons. The van der Waals surface area contributed by atoms with E-state index in [4.69, 9.17) is 22.1 Å². The molecule has 1 aromatic rings. The Morgan fingerprint density at radius 1 is 1.38 bits per heavy atom. The summed E-state index contributed by atoms with van der Waals surface area (Å²) in [4.78, 5) is 0. The number of thiocarbonyl (C=S) groups is 1. The van der Waals surface area contributed by atoms with Gasteiger partial charge >= 0.3 is 0 Å². The van der Waals surface area contributed by atoms with Gasteiger partial charge in [0.15, 0.2) is 0 Å². The van der Waals surface area contributed by atoms with Gasteiger partial charge in [0.25, 0.3) is 5.17 Å². The molecule has 0 aliphatic rings. The molecular weight excluding hydrogens is 206 g/mol. The van der Waals surface area contributed by atoms with Crippen molar-refractivity contribution in [3.8, 4) is 5.75 Å². The molecule has 0 unspecified atom stereocenters. The monoisotopic (exact) mass is 215 g/mol. The molecule has 2 N–H and O–H groups in total. The summed E-state index contributed by atoms with van der Waals surface area (Å²) in [6.45, 7) is 3.81. The lowest BCUT2D eigenvalue weighted by Crippen LogP contribution is -2.15. The number of halogens is 1. The summed E-state index contributed by atoms with van der Waals surface area (Å²) < 4.78 is 5.08. The van der Waals surface area contributed by atoms with Gasteiger partial charge in [0.2, 0.25) is 0 Å². The molecule has 4 heteroatoms. The lowest BCUT2D eigenvalue weighted by atomic mass is 10.1. The highest BCUT2D eigenvalue weighted by atomic mass is 35.5. The van der Waals surface area contributed by atoms with Crippen LogP contribution >= 0.6 is 23.8 Å². The molecule has 0 saturated carbocycles. The maximum absolute atomic E-state index is 5.97. The molecule has 13 heavy (non-hydrogen) atoms. The summed E-state index contributed by atoms with van der Waals surface area (Å²) >= 11 is 10.6. The first-order valence-electron chi connectivity index (χ1n) is 3.74. The minimum absolute atomic E-state index is 0.0149. The van der Waals surface area contributed by atoms with E-state index in [0.717, 1.165) is 16.1 Å². The average Bonchev–Trinajstić information content (AvgIpc) is 1.98. The molecule has 0 aliphatic heterocycles. The SMILES string of the molecule is Cc1cc(OC(N)=S)cc(C)c1Cl. The van der Waals surface area contributed by atoms with Gasteiger partial charge in [0.05, 0.1) is 0 Å². The predicted octanol–water partition coefficient (Wildman–Crippen LogP) is 2.58. The molecule has 1 aromatic carbocycles. The maximum atomic E-state index is 5.97. The number of nitrogens with two attached hydrogens (primary N) is 1. The summed E-state index contributed by atoms with van der Waals surface area (Å²) in [5.41, 5.74) is 7.14. The second kappa shape index (κ2) is 3.94. The normalized spacial score (nSPS) is 9.77. The standard InChI is InChI=1S/C9H10ClNOS/c1-5-3-7(12-9(11)13)4-6(2)8(5)10/h3-4H,1-2H3,(H2,11,13). The van der Waals surface area contributed by atoms with Crippen LogP contribution in [0.5, 0.6) is 5.75 Å². The molecule has 0 spiro atoms.